The highest BCUT2D eigenvalue weighted by Gasteiger charge is 2.41. The first-order valence-electron chi connectivity index (χ1n) is 7.59. The number of pyridine rings is 1. The largest absolute Gasteiger partial charge is 0.343 e. The van der Waals surface area contributed by atoms with Crippen molar-refractivity contribution in [3.63, 3.8) is 0 Å². The van der Waals surface area contributed by atoms with Crippen LogP contribution in [0.3, 0.4) is 0 Å². The molecule has 0 aromatic carbocycles. The lowest BCUT2D eigenvalue weighted by Gasteiger charge is -2.48. The maximum Gasteiger partial charge on any atom is 0.153 e. The zero-order valence-corrected chi connectivity index (χ0v) is 15.1. The van der Waals surface area contributed by atoms with Gasteiger partial charge in [-0.3, -0.25) is 0 Å². The van der Waals surface area contributed by atoms with Gasteiger partial charge in [0.2, 0.25) is 0 Å². The minimum Gasteiger partial charge on any atom is -0.343 e. The van der Waals surface area contributed by atoms with E-state index in [0.29, 0.717) is 6.04 Å². The molecule has 6 heteroatoms. The molecule has 1 atom stereocenters. The zero-order valence-electron chi connectivity index (χ0n) is 12.1. The van der Waals surface area contributed by atoms with Crippen molar-refractivity contribution in [1.29, 1.82) is 0 Å². The summed E-state index contributed by atoms with van der Waals surface area (Å²) in [5, 5.41) is 0. The van der Waals surface area contributed by atoms with Crippen LogP contribution in [-0.2, 0) is 0 Å². The molecule has 3 aliphatic rings. The van der Waals surface area contributed by atoms with Crippen LogP contribution in [0.4, 0.5) is 11.5 Å². The van der Waals surface area contributed by atoms with Gasteiger partial charge in [-0.25, -0.2) is 8.10 Å². The highest BCUT2D eigenvalue weighted by molar-refractivity contribution is 14.1. The van der Waals surface area contributed by atoms with Gasteiger partial charge in [0.1, 0.15) is 4.99 Å². The van der Waals surface area contributed by atoms with E-state index in [9.17, 15) is 0 Å². The fourth-order valence-corrected chi connectivity index (χ4v) is 4.19. The number of fused-ring (bicyclic) bond motifs is 3. The third-order valence-electron chi connectivity index (χ3n) is 4.57. The second-order valence-electron chi connectivity index (χ2n) is 6.33. The Balaban J connectivity index is 1.76. The van der Waals surface area contributed by atoms with Crippen LogP contribution in [0.1, 0.15) is 18.4 Å². The summed E-state index contributed by atoms with van der Waals surface area (Å²) in [6.45, 7) is 6.25. The van der Waals surface area contributed by atoms with Gasteiger partial charge in [-0.05, 0) is 37.3 Å². The summed E-state index contributed by atoms with van der Waals surface area (Å²) in [6.07, 6.45) is 4.68. The molecule has 21 heavy (non-hydrogen) atoms. The standard InChI is InChI=1S/C15H19IN4S/c1-10-6-12-14(17-7-10)19-5-4-18(16)9-13(19)15(21)20(12)8-11-2-3-11/h6-7,11,13H,2-5,8-9H2,1H3/t13-/m1/s1. The fraction of sp³-hybridized carbons (Fsp3) is 0.600. The van der Waals surface area contributed by atoms with Crippen molar-refractivity contribution in [2.45, 2.75) is 25.8 Å². The molecular formula is C15H19IN4S. The molecule has 0 N–H and O–H groups in total. The van der Waals surface area contributed by atoms with E-state index in [2.05, 4.69) is 48.8 Å². The first-order chi connectivity index (χ1) is 10.1. The minimum atomic E-state index is 0.298. The Bertz CT molecular complexity index is 589. The van der Waals surface area contributed by atoms with E-state index in [1.807, 2.05) is 6.20 Å². The normalized spacial score (nSPS) is 25.8. The first-order valence-corrected chi connectivity index (χ1v) is 8.96. The van der Waals surface area contributed by atoms with Crippen LogP contribution < -0.4 is 9.80 Å². The molecule has 0 amide bonds. The third-order valence-corrected chi connectivity index (χ3v) is 5.94. The van der Waals surface area contributed by atoms with Crippen molar-refractivity contribution in [3.8, 4) is 0 Å². The predicted octanol–water partition coefficient (Wildman–Crippen LogP) is 2.79. The number of aryl methyl sites for hydroxylation is 1. The maximum atomic E-state index is 5.87. The Hall–Kier alpha value is -0.470. The molecule has 0 radical (unpaired) electrons. The number of nitrogens with zero attached hydrogens (tertiary/aromatic N) is 4. The highest BCUT2D eigenvalue weighted by Crippen LogP contribution is 2.40. The number of piperazine rings is 1. The molecule has 1 aromatic heterocycles. The van der Waals surface area contributed by atoms with Gasteiger partial charge < -0.3 is 9.80 Å². The quantitative estimate of drug-likeness (QED) is 0.421. The topological polar surface area (TPSA) is 22.6 Å². The number of rotatable bonds is 2. The molecular weight excluding hydrogens is 395 g/mol. The number of aromatic nitrogens is 1. The Morgan fingerprint density at radius 3 is 2.95 bits per heavy atom. The van der Waals surface area contributed by atoms with Crippen molar-refractivity contribution in [2.24, 2.45) is 5.92 Å². The molecule has 4 rings (SSSR count). The second kappa shape index (κ2) is 5.31. The number of halogens is 1. The molecule has 112 valence electrons. The fourth-order valence-electron chi connectivity index (χ4n) is 3.23. The summed E-state index contributed by atoms with van der Waals surface area (Å²) in [6, 6.07) is 2.55. The molecule has 1 saturated carbocycles. The smallest absolute Gasteiger partial charge is 0.153 e. The zero-order chi connectivity index (χ0) is 14.6. The van der Waals surface area contributed by atoms with E-state index in [1.54, 1.807) is 0 Å². The molecule has 1 saturated heterocycles. The molecule has 1 aliphatic carbocycles. The summed E-state index contributed by atoms with van der Waals surface area (Å²) in [5.41, 5.74) is 2.44. The van der Waals surface area contributed by atoms with E-state index in [-0.39, 0.29) is 0 Å². The van der Waals surface area contributed by atoms with Gasteiger partial charge in [-0.2, -0.15) is 0 Å². The van der Waals surface area contributed by atoms with Crippen LogP contribution >= 0.6 is 35.1 Å². The van der Waals surface area contributed by atoms with Crippen LogP contribution in [0.2, 0.25) is 0 Å². The molecule has 0 bridgehead atoms. The summed E-state index contributed by atoms with van der Waals surface area (Å²) >= 11 is 8.28. The van der Waals surface area contributed by atoms with Gasteiger partial charge in [0, 0.05) is 55.2 Å². The van der Waals surface area contributed by atoms with E-state index in [0.717, 1.165) is 42.9 Å². The Morgan fingerprint density at radius 2 is 2.19 bits per heavy atom. The Kier molecular flexibility index (Phi) is 3.58. The summed E-state index contributed by atoms with van der Waals surface area (Å²) < 4.78 is 2.35. The Labute approximate surface area is 145 Å². The van der Waals surface area contributed by atoms with Crippen LogP contribution in [0.15, 0.2) is 12.3 Å². The lowest BCUT2D eigenvalue weighted by atomic mass is 10.1. The minimum absolute atomic E-state index is 0.298. The Morgan fingerprint density at radius 1 is 1.38 bits per heavy atom. The average molecular weight is 414 g/mol. The molecule has 2 aliphatic heterocycles. The SMILES string of the molecule is Cc1cnc2c(c1)N(CC1CC1)C(=S)[C@H]1CN(I)CCN21. The van der Waals surface area contributed by atoms with E-state index in [4.69, 9.17) is 17.2 Å². The predicted molar refractivity (Wildman–Crippen MR) is 98.4 cm³/mol. The van der Waals surface area contributed by atoms with Crippen LogP contribution in [0.5, 0.6) is 0 Å². The van der Waals surface area contributed by atoms with Gasteiger partial charge in [0.15, 0.2) is 5.82 Å². The highest BCUT2D eigenvalue weighted by atomic mass is 127. The lowest BCUT2D eigenvalue weighted by molar-refractivity contribution is 0.424. The van der Waals surface area contributed by atoms with Gasteiger partial charge in [0.25, 0.3) is 0 Å². The lowest BCUT2D eigenvalue weighted by Crippen LogP contribution is -2.61. The average Bonchev–Trinajstić information content (AvgIpc) is 3.27. The van der Waals surface area contributed by atoms with Crippen molar-refractivity contribution in [2.75, 3.05) is 36.0 Å². The second-order valence-corrected chi connectivity index (χ2v) is 8.11. The van der Waals surface area contributed by atoms with E-state index in [1.165, 1.54) is 24.1 Å². The summed E-state index contributed by atoms with van der Waals surface area (Å²) in [7, 11) is 0. The molecule has 4 nitrogen and oxygen atoms in total. The van der Waals surface area contributed by atoms with Gasteiger partial charge >= 0.3 is 0 Å². The summed E-state index contributed by atoms with van der Waals surface area (Å²) in [4.78, 5) is 10.6. The van der Waals surface area contributed by atoms with Gasteiger partial charge in [-0.15, -0.1) is 0 Å². The van der Waals surface area contributed by atoms with Gasteiger partial charge in [0.05, 0.1) is 11.7 Å². The van der Waals surface area contributed by atoms with Crippen molar-refractivity contribution in [3.05, 3.63) is 17.8 Å². The number of hydrogen-bond acceptors (Lipinski definition) is 4. The molecule has 1 aromatic rings. The van der Waals surface area contributed by atoms with Crippen LogP contribution in [-0.4, -0.2) is 45.3 Å². The first kappa shape index (κ1) is 14.1. The molecule has 0 spiro atoms. The molecule has 3 heterocycles. The van der Waals surface area contributed by atoms with E-state index < -0.39 is 0 Å². The molecule has 0 unspecified atom stereocenters. The number of anilines is 2. The third kappa shape index (κ3) is 2.55. The van der Waals surface area contributed by atoms with E-state index >= 15 is 0 Å². The van der Waals surface area contributed by atoms with Crippen LogP contribution in [0.25, 0.3) is 0 Å². The van der Waals surface area contributed by atoms with Crippen molar-refractivity contribution >= 4 is 51.6 Å². The number of thiocarbonyl (C=S) groups is 1. The van der Waals surface area contributed by atoms with Gasteiger partial charge in [-0.1, -0.05) is 12.2 Å². The summed E-state index contributed by atoms with van der Waals surface area (Å²) in [5.74, 6) is 1.95. The number of hydrogen-bond donors (Lipinski definition) is 0. The van der Waals surface area contributed by atoms with Crippen molar-refractivity contribution < 1.29 is 0 Å². The van der Waals surface area contributed by atoms with Crippen molar-refractivity contribution in [1.82, 2.24) is 8.10 Å². The van der Waals surface area contributed by atoms with Crippen LogP contribution in [0, 0.1) is 12.8 Å². The maximum absolute atomic E-state index is 5.87. The molecule has 2 fully saturated rings. The monoisotopic (exact) mass is 414 g/mol.